The molecule has 0 aromatic rings. The first-order chi connectivity index (χ1) is 5.65. The van der Waals surface area contributed by atoms with Crippen LogP contribution >= 0.6 is 8.25 Å². The Labute approximate surface area is 73.8 Å². The molecule has 0 fully saturated rings. The van der Waals surface area contributed by atoms with E-state index in [2.05, 4.69) is 13.5 Å². The highest BCUT2D eigenvalue weighted by Gasteiger charge is 1.81. The Bertz CT molecular complexity index is 112. The van der Waals surface area contributed by atoms with E-state index in [0.29, 0.717) is 0 Å². The molecule has 0 bridgehead atoms. The summed E-state index contributed by atoms with van der Waals surface area (Å²) in [5, 5.41) is 0. The van der Waals surface area contributed by atoms with Crippen molar-refractivity contribution in [2.24, 2.45) is 0 Å². The van der Waals surface area contributed by atoms with Crippen LogP contribution < -0.4 is 0 Å². The molecule has 0 radical (unpaired) electrons. The molecule has 2 N–H and O–H groups in total. The number of rotatable bonds is 5. The lowest BCUT2D eigenvalue weighted by Crippen LogP contribution is -1.84. The van der Waals surface area contributed by atoms with E-state index in [1.165, 1.54) is 19.1 Å². The van der Waals surface area contributed by atoms with Gasteiger partial charge in [-0.3, -0.25) is 4.57 Å². The smallest absolute Gasteiger partial charge is 0.314 e. The molecule has 0 heterocycles. The van der Waals surface area contributed by atoms with Crippen molar-refractivity contribution in [2.45, 2.75) is 26.2 Å². The van der Waals surface area contributed by atoms with Crippen molar-refractivity contribution >= 4 is 8.25 Å². The summed E-state index contributed by atoms with van der Waals surface area (Å²) >= 11 is 0. The predicted molar refractivity (Wildman–Crippen MR) is 49.1 cm³/mol. The van der Waals surface area contributed by atoms with E-state index < -0.39 is 8.25 Å². The lowest BCUT2D eigenvalue weighted by molar-refractivity contribution is 0.243. The minimum Gasteiger partial charge on any atom is -0.502 e. The van der Waals surface area contributed by atoms with Crippen LogP contribution in [0.15, 0.2) is 12.8 Å². The second kappa shape index (κ2) is 13.3. The Hall–Kier alpha value is -0.310. The normalized spacial score (nSPS) is 8.67. The van der Waals surface area contributed by atoms with Gasteiger partial charge < -0.3 is 14.5 Å². The summed E-state index contributed by atoms with van der Waals surface area (Å²) in [5.74, 6) is 0. The van der Waals surface area contributed by atoms with Gasteiger partial charge >= 0.3 is 8.25 Å². The third-order valence-electron chi connectivity index (χ3n) is 0.984. The molecular weight excluding hydrogens is 179 g/mol. The van der Waals surface area contributed by atoms with Gasteiger partial charge in [0.2, 0.25) is 0 Å². The highest BCUT2D eigenvalue weighted by Crippen LogP contribution is 1.98. The maximum absolute atomic E-state index is 8.74. The van der Waals surface area contributed by atoms with E-state index in [-0.39, 0.29) is 0 Å². The van der Waals surface area contributed by atoms with Gasteiger partial charge in [-0.05, 0) is 6.42 Å². The van der Waals surface area contributed by atoms with Gasteiger partial charge in [0.25, 0.3) is 0 Å². The molecular formula is C7H17O4P. The van der Waals surface area contributed by atoms with E-state index in [1.807, 2.05) is 0 Å². The van der Waals surface area contributed by atoms with Gasteiger partial charge in [0.15, 0.2) is 0 Å². The van der Waals surface area contributed by atoms with Crippen molar-refractivity contribution in [3.63, 3.8) is 0 Å². The Morgan fingerprint density at radius 1 is 1.50 bits per heavy atom. The molecule has 0 aromatic heterocycles. The van der Waals surface area contributed by atoms with Crippen LogP contribution in [-0.4, -0.2) is 16.4 Å². The van der Waals surface area contributed by atoms with Gasteiger partial charge in [0, 0.05) is 0 Å². The highest BCUT2D eigenvalue weighted by molar-refractivity contribution is 7.30. The molecule has 0 aliphatic heterocycles. The van der Waals surface area contributed by atoms with Crippen LogP contribution in [0, 0.1) is 0 Å². The Kier molecular flexibility index (Phi) is 15.8. The van der Waals surface area contributed by atoms with Crippen molar-refractivity contribution < 1.29 is 19.1 Å². The quantitative estimate of drug-likeness (QED) is 0.399. The van der Waals surface area contributed by atoms with E-state index in [0.717, 1.165) is 13.0 Å². The topological polar surface area (TPSA) is 66.8 Å². The molecule has 0 spiro atoms. The Morgan fingerprint density at radius 3 is 2.33 bits per heavy atom. The molecule has 0 amide bonds. The van der Waals surface area contributed by atoms with Crippen molar-refractivity contribution in [3.05, 3.63) is 12.8 Å². The largest absolute Gasteiger partial charge is 0.502 e. The van der Waals surface area contributed by atoms with E-state index in [4.69, 9.17) is 19.1 Å². The van der Waals surface area contributed by atoms with Gasteiger partial charge in [-0.1, -0.05) is 26.3 Å². The lowest BCUT2D eigenvalue weighted by atomic mass is 10.3. The predicted octanol–water partition coefficient (Wildman–Crippen LogP) is 1.70. The minimum atomic E-state index is -3.13. The SMILES string of the molecule is C=COCCCCC.O=[PH](O)O. The monoisotopic (exact) mass is 196 g/mol. The third-order valence-corrected chi connectivity index (χ3v) is 0.984. The summed E-state index contributed by atoms with van der Waals surface area (Å²) < 4.78 is 13.6. The van der Waals surface area contributed by atoms with Gasteiger partial charge in [0.1, 0.15) is 0 Å². The zero-order valence-corrected chi connectivity index (χ0v) is 8.32. The summed E-state index contributed by atoms with van der Waals surface area (Å²) in [4.78, 5) is 14.3. The summed E-state index contributed by atoms with van der Waals surface area (Å²) in [7, 11) is -3.13. The summed E-state index contributed by atoms with van der Waals surface area (Å²) in [5.41, 5.74) is 0. The fourth-order valence-corrected chi connectivity index (χ4v) is 0.519. The molecule has 0 rings (SSSR count). The number of unbranched alkanes of at least 4 members (excludes halogenated alkanes) is 2. The number of hydrogen-bond acceptors (Lipinski definition) is 2. The van der Waals surface area contributed by atoms with Gasteiger partial charge in [-0.15, -0.1) is 0 Å². The van der Waals surface area contributed by atoms with Crippen LogP contribution in [0.4, 0.5) is 0 Å². The fraction of sp³-hybridized carbons (Fsp3) is 0.714. The van der Waals surface area contributed by atoms with Crippen molar-refractivity contribution in [2.75, 3.05) is 6.61 Å². The molecule has 4 nitrogen and oxygen atoms in total. The molecule has 5 heteroatoms. The Morgan fingerprint density at radius 2 is 2.00 bits per heavy atom. The maximum atomic E-state index is 8.74. The first-order valence-electron chi connectivity index (χ1n) is 3.79. The first kappa shape index (κ1) is 14.2. The average Bonchev–Trinajstić information content (AvgIpc) is 1.97. The second-order valence-electron chi connectivity index (χ2n) is 2.03. The van der Waals surface area contributed by atoms with Crippen LogP contribution in [-0.2, 0) is 9.30 Å². The van der Waals surface area contributed by atoms with Crippen molar-refractivity contribution in [1.29, 1.82) is 0 Å². The molecule has 12 heavy (non-hydrogen) atoms. The van der Waals surface area contributed by atoms with Crippen molar-refractivity contribution in [3.8, 4) is 0 Å². The standard InChI is InChI=1S/C7H14O.H3O3P/c1-3-5-6-7-8-4-2;1-4(2)3/h4H,2-3,5-7H2,1H3;4H,(H2,1,2,3). The molecule has 0 aliphatic carbocycles. The van der Waals surface area contributed by atoms with Crippen LogP contribution in [0.5, 0.6) is 0 Å². The number of hydrogen-bond donors (Lipinski definition) is 2. The van der Waals surface area contributed by atoms with Crippen LogP contribution in [0.3, 0.4) is 0 Å². The maximum Gasteiger partial charge on any atom is 0.314 e. The molecule has 74 valence electrons. The van der Waals surface area contributed by atoms with E-state index in [9.17, 15) is 0 Å². The summed E-state index contributed by atoms with van der Waals surface area (Å²) in [6.45, 7) is 6.44. The van der Waals surface area contributed by atoms with Crippen LogP contribution in [0.25, 0.3) is 0 Å². The van der Waals surface area contributed by atoms with Gasteiger partial charge in [-0.25, -0.2) is 0 Å². The molecule has 0 atom stereocenters. The third kappa shape index (κ3) is 33.3. The zero-order valence-electron chi connectivity index (χ0n) is 7.32. The zero-order chi connectivity index (χ0) is 9.82. The first-order valence-corrected chi connectivity index (χ1v) is 5.09. The minimum absolute atomic E-state index is 0.831. The van der Waals surface area contributed by atoms with Gasteiger partial charge in [0.05, 0.1) is 12.9 Å². The van der Waals surface area contributed by atoms with E-state index >= 15 is 0 Å². The van der Waals surface area contributed by atoms with Crippen LogP contribution in [0.2, 0.25) is 0 Å². The average molecular weight is 196 g/mol. The molecule has 0 unspecified atom stereocenters. The second-order valence-corrected chi connectivity index (χ2v) is 2.59. The lowest BCUT2D eigenvalue weighted by Gasteiger charge is -1.96. The summed E-state index contributed by atoms with van der Waals surface area (Å²) in [6, 6.07) is 0. The molecule has 0 saturated carbocycles. The molecule has 0 aromatic carbocycles. The van der Waals surface area contributed by atoms with Gasteiger partial charge in [-0.2, -0.15) is 0 Å². The Balaban J connectivity index is 0. The number of ether oxygens (including phenoxy) is 1. The summed E-state index contributed by atoms with van der Waals surface area (Å²) in [6.07, 6.45) is 5.16. The van der Waals surface area contributed by atoms with Crippen molar-refractivity contribution in [1.82, 2.24) is 0 Å². The fourth-order valence-electron chi connectivity index (χ4n) is 0.519. The molecule has 0 saturated heterocycles. The van der Waals surface area contributed by atoms with Crippen LogP contribution in [0.1, 0.15) is 26.2 Å². The highest BCUT2D eigenvalue weighted by atomic mass is 31.1. The van der Waals surface area contributed by atoms with E-state index in [1.54, 1.807) is 0 Å². The molecule has 0 aliphatic rings.